The molecule has 4 heteroatoms. The number of aromatic nitrogens is 4. The van der Waals surface area contributed by atoms with Crippen LogP contribution in [0.5, 0.6) is 0 Å². The van der Waals surface area contributed by atoms with Crippen molar-refractivity contribution in [1.82, 2.24) is 19.1 Å². The van der Waals surface area contributed by atoms with E-state index in [0.29, 0.717) is 5.82 Å². The highest BCUT2D eigenvalue weighted by Crippen LogP contribution is 2.37. The molecule has 0 amide bonds. The standard InChI is InChI=1S/C46H32N4/c1-3-13-31(14-4-1)32-23-25-34(26-24-32)46-47-40(33-15-5-2-6-16-33)30-45(48-46)50-43-22-12-9-19-38(43)39-29-35(27-28-44(39)50)49-41-20-10-7-17-36(41)37-18-8-11-21-42(37)49/h1,3-5,7-30H,2,6H2. The molecule has 6 aromatic carbocycles. The molecule has 0 aliphatic heterocycles. The van der Waals surface area contributed by atoms with Crippen LogP contribution in [0.4, 0.5) is 0 Å². The Kier molecular flexibility index (Phi) is 6.59. The van der Waals surface area contributed by atoms with E-state index in [4.69, 9.17) is 9.97 Å². The Morgan fingerprint density at radius 1 is 0.440 bits per heavy atom. The Bertz CT molecular complexity index is 2740. The minimum Gasteiger partial charge on any atom is -0.309 e. The summed E-state index contributed by atoms with van der Waals surface area (Å²) in [6.45, 7) is 0. The summed E-state index contributed by atoms with van der Waals surface area (Å²) in [5, 5.41) is 4.89. The van der Waals surface area contributed by atoms with Crippen LogP contribution in [0, 0.1) is 0 Å². The van der Waals surface area contributed by atoms with Gasteiger partial charge in [-0.05, 0) is 65.9 Å². The normalized spacial score (nSPS) is 13.1. The van der Waals surface area contributed by atoms with Crippen LogP contribution in [0.1, 0.15) is 18.5 Å². The molecule has 0 radical (unpaired) electrons. The van der Waals surface area contributed by atoms with Crippen molar-refractivity contribution in [2.45, 2.75) is 12.8 Å². The van der Waals surface area contributed by atoms with Crippen LogP contribution in [0.3, 0.4) is 0 Å². The Morgan fingerprint density at radius 2 is 1.02 bits per heavy atom. The van der Waals surface area contributed by atoms with Crippen molar-refractivity contribution in [1.29, 1.82) is 0 Å². The molecule has 3 aromatic heterocycles. The van der Waals surface area contributed by atoms with Gasteiger partial charge in [-0.25, -0.2) is 9.97 Å². The molecule has 10 rings (SSSR count). The number of allylic oxidation sites excluding steroid dienone is 4. The topological polar surface area (TPSA) is 35.6 Å². The highest BCUT2D eigenvalue weighted by atomic mass is 15.1. The van der Waals surface area contributed by atoms with Gasteiger partial charge < -0.3 is 4.57 Å². The van der Waals surface area contributed by atoms with Crippen molar-refractivity contribution in [3.8, 4) is 34.0 Å². The van der Waals surface area contributed by atoms with Gasteiger partial charge in [0.2, 0.25) is 0 Å². The second-order valence-electron chi connectivity index (χ2n) is 12.9. The lowest BCUT2D eigenvalue weighted by molar-refractivity contribution is 1.02. The summed E-state index contributed by atoms with van der Waals surface area (Å²) < 4.78 is 4.69. The first-order chi connectivity index (χ1) is 24.8. The number of benzene rings is 6. The summed E-state index contributed by atoms with van der Waals surface area (Å²) in [6, 6.07) is 54.1. The predicted octanol–water partition coefficient (Wildman–Crippen LogP) is 11.7. The fourth-order valence-corrected chi connectivity index (χ4v) is 7.62. The van der Waals surface area contributed by atoms with Crippen LogP contribution >= 0.6 is 0 Å². The molecular formula is C46H32N4. The third-order valence-electron chi connectivity index (χ3n) is 9.98. The van der Waals surface area contributed by atoms with Crippen molar-refractivity contribution < 1.29 is 0 Å². The van der Waals surface area contributed by atoms with Gasteiger partial charge in [0.05, 0.1) is 27.8 Å². The first-order valence-corrected chi connectivity index (χ1v) is 17.2. The molecule has 1 aliphatic rings. The number of para-hydroxylation sites is 3. The molecule has 0 saturated carbocycles. The molecule has 0 unspecified atom stereocenters. The summed E-state index contributed by atoms with van der Waals surface area (Å²) in [4.78, 5) is 10.5. The molecule has 1 aliphatic carbocycles. The highest BCUT2D eigenvalue weighted by molar-refractivity contribution is 6.12. The number of fused-ring (bicyclic) bond motifs is 6. The fraction of sp³-hybridized carbons (Fsp3) is 0.0435. The molecular weight excluding hydrogens is 609 g/mol. The lowest BCUT2D eigenvalue weighted by Crippen LogP contribution is -2.04. The summed E-state index contributed by atoms with van der Waals surface area (Å²) in [7, 11) is 0. The summed E-state index contributed by atoms with van der Waals surface area (Å²) >= 11 is 0. The largest absolute Gasteiger partial charge is 0.309 e. The van der Waals surface area contributed by atoms with Gasteiger partial charge in [-0.2, -0.15) is 0 Å². The molecule has 0 fully saturated rings. The van der Waals surface area contributed by atoms with Crippen LogP contribution in [0.25, 0.3) is 83.2 Å². The zero-order valence-electron chi connectivity index (χ0n) is 27.4. The lowest BCUT2D eigenvalue weighted by Gasteiger charge is -2.14. The van der Waals surface area contributed by atoms with E-state index in [0.717, 1.165) is 52.2 Å². The van der Waals surface area contributed by atoms with Crippen LogP contribution in [0.15, 0.2) is 170 Å². The van der Waals surface area contributed by atoms with E-state index in [1.807, 2.05) is 6.07 Å². The predicted molar refractivity (Wildman–Crippen MR) is 208 cm³/mol. The zero-order valence-corrected chi connectivity index (χ0v) is 27.4. The van der Waals surface area contributed by atoms with Crippen molar-refractivity contribution in [2.75, 3.05) is 0 Å². The molecule has 0 spiro atoms. The minimum atomic E-state index is 0.713. The Balaban J connectivity index is 1.18. The average Bonchev–Trinajstić information content (AvgIpc) is 3.71. The molecule has 3 heterocycles. The van der Waals surface area contributed by atoms with Crippen molar-refractivity contribution in [3.05, 3.63) is 176 Å². The van der Waals surface area contributed by atoms with Crippen LogP contribution in [-0.2, 0) is 0 Å². The first-order valence-electron chi connectivity index (χ1n) is 17.2. The third-order valence-corrected chi connectivity index (χ3v) is 9.98. The number of hydrogen-bond donors (Lipinski definition) is 0. The SMILES string of the molecule is C1=CC(c2cc(-n3c4ccccc4c4cc(-n5c6ccccc6c6ccccc65)ccc43)nc(-c3ccc(-c4ccccc4)cc3)n2)=CCC1. The fourth-order valence-electron chi connectivity index (χ4n) is 7.62. The third kappa shape index (κ3) is 4.61. The smallest absolute Gasteiger partial charge is 0.162 e. The van der Waals surface area contributed by atoms with Gasteiger partial charge in [0, 0.05) is 38.9 Å². The molecule has 9 aromatic rings. The van der Waals surface area contributed by atoms with Gasteiger partial charge in [-0.1, -0.05) is 127 Å². The van der Waals surface area contributed by atoms with Crippen LogP contribution < -0.4 is 0 Å². The maximum atomic E-state index is 5.29. The summed E-state index contributed by atoms with van der Waals surface area (Å²) in [5.74, 6) is 1.57. The van der Waals surface area contributed by atoms with E-state index in [1.165, 1.54) is 43.7 Å². The average molecular weight is 641 g/mol. The number of nitrogens with zero attached hydrogens (tertiary/aromatic N) is 4. The second-order valence-corrected chi connectivity index (χ2v) is 12.9. The summed E-state index contributed by atoms with van der Waals surface area (Å²) in [5.41, 5.74) is 11.2. The monoisotopic (exact) mass is 640 g/mol. The molecule has 0 N–H and O–H groups in total. The Hall–Kier alpha value is -6.52. The van der Waals surface area contributed by atoms with Gasteiger partial charge in [-0.3, -0.25) is 4.57 Å². The van der Waals surface area contributed by atoms with Crippen LogP contribution in [0.2, 0.25) is 0 Å². The second kappa shape index (κ2) is 11.6. The lowest BCUT2D eigenvalue weighted by atomic mass is 10.0. The van der Waals surface area contributed by atoms with E-state index < -0.39 is 0 Å². The zero-order chi connectivity index (χ0) is 33.0. The molecule has 0 atom stereocenters. The molecule has 236 valence electrons. The molecule has 0 bridgehead atoms. The minimum absolute atomic E-state index is 0.713. The van der Waals surface area contributed by atoms with Gasteiger partial charge in [0.15, 0.2) is 5.82 Å². The molecule has 0 saturated heterocycles. The highest BCUT2D eigenvalue weighted by Gasteiger charge is 2.19. The van der Waals surface area contributed by atoms with Crippen molar-refractivity contribution in [3.63, 3.8) is 0 Å². The van der Waals surface area contributed by atoms with E-state index in [1.54, 1.807) is 0 Å². The van der Waals surface area contributed by atoms with Crippen molar-refractivity contribution >= 4 is 49.2 Å². The number of rotatable bonds is 5. The van der Waals surface area contributed by atoms with E-state index in [2.05, 4.69) is 173 Å². The van der Waals surface area contributed by atoms with Crippen molar-refractivity contribution in [2.24, 2.45) is 0 Å². The maximum Gasteiger partial charge on any atom is 0.162 e. The van der Waals surface area contributed by atoms with Gasteiger partial charge in [0.25, 0.3) is 0 Å². The van der Waals surface area contributed by atoms with Crippen LogP contribution in [-0.4, -0.2) is 19.1 Å². The van der Waals surface area contributed by atoms with E-state index >= 15 is 0 Å². The number of hydrogen-bond acceptors (Lipinski definition) is 2. The quantitative estimate of drug-likeness (QED) is 0.188. The van der Waals surface area contributed by atoms with E-state index in [9.17, 15) is 0 Å². The van der Waals surface area contributed by atoms with E-state index in [-0.39, 0.29) is 0 Å². The van der Waals surface area contributed by atoms with Gasteiger partial charge in [0.1, 0.15) is 5.82 Å². The maximum absolute atomic E-state index is 5.29. The summed E-state index contributed by atoms with van der Waals surface area (Å²) in [6.07, 6.45) is 8.78. The Morgan fingerprint density at radius 3 is 1.70 bits per heavy atom. The first kappa shape index (κ1) is 28.5. The van der Waals surface area contributed by atoms with Gasteiger partial charge >= 0.3 is 0 Å². The van der Waals surface area contributed by atoms with Gasteiger partial charge in [-0.15, -0.1) is 0 Å². The molecule has 4 nitrogen and oxygen atoms in total. The molecule has 50 heavy (non-hydrogen) atoms. The Labute approximate surface area is 289 Å².